The molecule has 0 fully saturated rings. The lowest BCUT2D eigenvalue weighted by Crippen LogP contribution is -2.33. The van der Waals surface area contributed by atoms with Crippen LogP contribution in [-0.2, 0) is 22.6 Å². The zero-order valence-corrected chi connectivity index (χ0v) is 13.0. The maximum atomic E-state index is 13.3. The highest BCUT2D eigenvalue weighted by molar-refractivity contribution is 5.91. The fourth-order valence-electron chi connectivity index (χ4n) is 2.40. The van der Waals surface area contributed by atoms with Crippen LogP contribution in [0.15, 0.2) is 24.5 Å². The van der Waals surface area contributed by atoms with Crippen LogP contribution in [0.5, 0.6) is 5.75 Å². The molecule has 0 saturated heterocycles. The van der Waals surface area contributed by atoms with Gasteiger partial charge in [0, 0.05) is 7.05 Å². The summed E-state index contributed by atoms with van der Waals surface area (Å²) >= 11 is 0. The van der Waals surface area contributed by atoms with Crippen molar-refractivity contribution in [1.82, 2.24) is 20.1 Å². The molecule has 2 amide bonds. The van der Waals surface area contributed by atoms with E-state index >= 15 is 0 Å². The van der Waals surface area contributed by atoms with Crippen LogP contribution in [0.3, 0.4) is 0 Å². The molecule has 0 aliphatic carbocycles. The van der Waals surface area contributed by atoms with Gasteiger partial charge in [-0.25, -0.2) is 14.1 Å². The van der Waals surface area contributed by atoms with E-state index in [0.717, 1.165) is 0 Å². The Morgan fingerprint density at radius 1 is 1.46 bits per heavy atom. The highest BCUT2D eigenvalue weighted by Crippen LogP contribution is 2.28. The van der Waals surface area contributed by atoms with E-state index in [-0.39, 0.29) is 36.7 Å². The lowest BCUT2D eigenvalue weighted by molar-refractivity contribution is -0.121. The van der Waals surface area contributed by atoms with Crippen molar-refractivity contribution in [1.29, 1.82) is 0 Å². The molecule has 1 atom stereocenters. The number of anilines is 1. The van der Waals surface area contributed by atoms with Crippen molar-refractivity contribution in [3.63, 3.8) is 0 Å². The number of nitrogens with one attached hydrogen (secondary N) is 2. The molecule has 9 heteroatoms. The first kappa shape index (κ1) is 15.9. The van der Waals surface area contributed by atoms with E-state index in [0.29, 0.717) is 17.7 Å². The van der Waals surface area contributed by atoms with Gasteiger partial charge in [0.2, 0.25) is 17.8 Å². The number of amides is 2. The molecule has 24 heavy (non-hydrogen) atoms. The second-order valence-electron chi connectivity index (χ2n) is 5.39. The number of ether oxygens (including phenoxy) is 1. The Hall–Kier alpha value is -2.97. The van der Waals surface area contributed by atoms with Crippen LogP contribution in [0.4, 0.5) is 10.3 Å². The van der Waals surface area contributed by atoms with Gasteiger partial charge in [-0.2, -0.15) is 0 Å². The van der Waals surface area contributed by atoms with E-state index in [1.807, 2.05) is 0 Å². The third-order valence-electron chi connectivity index (χ3n) is 3.66. The van der Waals surface area contributed by atoms with Crippen molar-refractivity contribution in [3.05, 3.63) is 35.9 Å². The summed E-state index contributed by atoms with van der Waals surface area (Å²) < 4.78 is 20.1. The van der Waals surface area contributed by atoms with Gasteiger partial charge < -0.3 is 10.1 Å². The van der Waals surface area contributed by atoms with Crippen molar-refractivity contribution < 1.29 is 18.7 Å². The molecule has 8 nitrogen and oxygen atoms in total. The first-order valence-electron chi connectivity index (χ1n) is 7.37. The molecule has 1 aliphatic heterocycles. The van der Waals surface area contributed by atoms with E-state index in [9.17, 15) is 14.0 Å². The molecule has 2 aromatic rings. The SMILES string of the molecule is CNC(=O)Cn1cnc(NC(=O)[C@@H]2COc3ccc(F)cc3C2)n1. The highest BCUT2D eigenvalue weighted by atomic mass is 19.1. The monoisotopic (exact) mass is 333 g/mol. The van der Waals surface area contributed by atoms with Crippen LogP contribution >= 0.6 is 0 Å². The molecule has 126 valence electrons. The summed E-state index contributed by atoms with van der Waals surface area (Å²) in [5.41, 5.74) is 0.652. The smallest absolute Gasteiger partial charge is 0.248 e. The summed E-state index contributed by atoms with van der Waals surface area (Å²) in [4.78, 5) is 27.5. The normalized spacial score (nSPS) is 16.0. The molecule has 1 aromatic heterocycles. The van der Waals surface area contributed by atoms with Gasteiger partial charge in [-0.15, -0.1) is 5.10 Å². The third kappa shape index (κ3) is 3.50. The van der Waals surface area contributed by atoms with Gasteiger partial charge in [-0.1, -0.05) is 0 Å². The Bertz CT molecular complexity index is 776. The van der Waals surface area contributed by atoms with Gasteiger partial charge in [0.15, 0.2) is 0 Å². The summed E-state index contributed by atoms with van der Waals surface area (Å²) in [6.45, 7) is 0.210. The number of halogens is 1. The molecular weight excluding hydrogens is 317 g/mol. The molecule has 3 rings (SSSR count). The Morgan fingerprint density at radius 3 is 3.08 bits per heavy atom. The molecule has 2 N–H and O–H groups in total. The topological polar surface area (TPSA) is 98.1 Å². The fraction of sp³-hybridized carbons (Fsp3) is 0.333. The number of carbonyl (C=O) groups excluding carboxylic acids is 2. The van der Waals surface area contributed by atoms with Crippen LogP contribution < -0.4 is 15.4 Å². The number of carbonyl (C=O) groups is 2. The minimum absolute atomic E-state index is 0.0125. The lowest BCUT2D eigenvalue weighted by atomic mass is 9.96. The predicted molar refractivity (Wildman–Crippen MR) is 81.8 cm³/mol. The number of aromatic nitrogens is 3. The minimum Gasteiger partial charge on any atom is -0.492 e. The molecule has 0 saturated carbocycles. The Labute approximate surface area is 137 Å². The average Bonchev–Trinajstić information content (AvgIpc) is 3.00. The number of nitrogens with zero attached hydrogens (tertiary/aromatic N) is 3. The van der Waals surface area contributed by atoms with Crippen LogP contribution in [0.1, 0.15) is 5.56 Å². The largest absolute Gasteiger partial charge is 0.492 e. The maximum absolute atomic E-state index is 13.3. The van der Waals surface area contributed by atoms with E-state index in [1.54, 1.807) is 6.07 Å². The molecule has 2 heterocycles. The van der Waals surface area contributed by atoms with Crippen LogP contribution in [0.25, 0.3) is 0 Å². The van der Waals surface area contributed by atoms with E-state index < -0.39 is 5.92 Å². The number of fused-ring (bicyclic) bond motifs is 1. The number of rotatable bonds is 4. The summed E-state index contributed by atoms with van der Waals surface area (Å²) in [5.74, 6) is -0.680. The summed E-state index contributed by atoms with van der Waals surface area (Å²) in [5, 5.41) is 9.05. The van der Waals surface area contributed by atoms with E-state index in [2.05, 4.69) is 20.7 Å². The first-order valence-corrected chi connectivity index (χ1v) is 7.37. The third-order valence-corrected chi connectivity index (χ3v) is 3.66. The highest BCUT2D eigenvalue weighted by Gasteiger charge is 2.27. The second kappa shape index (κ2) is 6.65. The molecule has 1 aliphatic rings. The van der Waals surface area contributed by atoms with Crippen molar-refractivity contribution in [2.45, 2.75) is 13.0 Å². The quantitative estimate of drug-likeness (QED) is 0.841. The van der Waals surface area contributed by atoms with E-state index in [1.165, 1.54) is 30.2 Å². The number of likely N-dealkylation sites (N-methyl/N-ethyl adjacent to an activating group) is 1. The molecule has 0 unspecified atom stereocenters. The van der Waals surface area contributed by atoms with Gasteiger partial charge in [-0.05, 0) is 30.2 Å². The predicted octanol–water partition coefficient (Wildman–Crippen LogP) is 0.353. The number of benzene rings is 1. The zero-order valence-electron chi connectivity index (χ0n) is 13.0. The Kier molecular flexibility index (Phi) is 4.41. The van der Waals surface area contributed by atoms with Gasteiger partial charge in [-0.3, -0.25) is 14.9 Å². The average molecular weight is 333 g/mol. The van der Waals surface area contributed by atoms with Gasteiger partial charge >= 0.3 is 0 Å². The van der Waals surface area contributed by atoms with Crippen LogP contribution in [0.2, 0.25) is 0 Å². The fourth-order valence-corrected chi connectivity index (χ4v) is 2.40. The summed E-state index contributed by atoms with van der Waals surface area (Å²) in [7, 11) is 1.52. The van der Waals surface area contributed by atoms with E-state index in [4.69, 9.17) is 4.74 Å². The van der Waals surface area contributed by atoms with Crippen LogP contribution in [-0.4, -0.2) is 40.2 Å². The molecular formula is C15H16FN5O3. The molecule has 1 aromatic carbocycles. The lowest BCUT2D eigenvalue weighted by Gasteiger charge is -2.24. The van der Waals surface area contributed by atoms with Crippen molar-refractivity contribution >= 4 is 17.8 Å². The van der Waals surface area contributed by atoms with Crippen LogP contribution in [0, 0.1) is 11.7 Å². The number of hydrogen-bond acceptors (Lipinski definition) is 5. The second-order valence-corrected chi connectivity index (χ2v) is 5.39. The molecule has 0 spiro atoms. The van der Waals surface area contributed by atoms with Crippen molar-refractivity contribution in [2.75, 3.05) is 19.0 Å². The van der Waals surface area contributed by atoms with Gasteiger partial charge in [0.1, 0.15) is 31.0 Å². The number of hydrogen-bond donors (Lipinski definition) is 2. The maximum Gasteiger partial charge on any atom is 0.248 e. The molecule has 0 bridgehead atoms. The van der Waals surface area contributed by atoms with Crippen molar-refractivity contribution in [3.8, 4) is 5.75 Å². The summed E-state index contributed by atoms with van der Waals surface area (Å²) in [6.07, 6.45) is 1.73. The minimum atomic E-state index is -0.467. The standard InChI is InChI=1S/C15H16FN5O3/c1-17-13(22)6-21-8-18-15(20-21)19-14(23)10-4-9-5-11(16)2-3-12(9)24-7-10/h2-3,5,8,10H,4,6-7H2,1H3,(H,17,22)(H,19,20,23)/t10-/m0/s1. The Morgan fingerprint density at radius 2 is 2.29 bits per heavy atom. The van der Waals surface area contributed by atoms with Gasteiger partial charge in [0.05, 0.1) is 5.92 Å². The van der Waals surface area contributed by atoms with Gasteiger partial charge in [0.25, 0.3) is 0 Å². The Balaban J connectivity index is 1.62. The first-order chi connectivity index (χ1) is 11.5. The zero-order chi connectivity index (χ0) is 17.1. The summed E-state index contributed by atoms with van der Waals surface area (Å²) in [6, 6.07) is 4.24. The molecule has 0 radical (unpaired) electrons. The van der Waals surface area contributed by atoms with Crippen molar-refractivity contribution in [2.24, 2.45) is 5.92 Å².